The first-order valence-corrected chi connectivity index (χ1v) is 12.2. The Bertz CT molecular complexity index is 1360. The van der Waals surface area contributed by atoms with Crippen LogP contribution < -0.4 is 0 Å². The number of benzene rings is 3. The van der Waals surface area contributed by atoms with Crippen molar-refractivity contribution in [1.82, 2.24) is 9.55 Å². The summed E-state index contributed by atoms with van der Waals surface area (Å²) in [6.45, 7) is 1.63. The highest BCUT2D eigenvalue weighted by Gasteiger charge is 2.17. The molecule has 0 spiro atoms. The van der Waals surface area contributed by atoms with Gasteiger partial charge in [-0.05, 0) is 47.5 Å². The Hall–Kier alpha value is -2.31. The highest BCUT2D eigenvalue weighted by molar-refractivity contribution is 7.91. The molecule has 158 valence electrons. The van der Waals surface area contributed by atoms with Gasteiger partial charge in [-0.25, -0.2) is 13.4 Å². The van der Waals surface area contributed by atoms with Crippen molar-refractivity contribution in [2.75, 3.05) is 5.75 Å². The topological polar surface area (TPSA) is 52.0 Å². The zero-order valence-electron chi connectivity index (χ0n) is 16.4. The van der Waals surface area contributed by atoms with Crippen LogP contribution >= 0.6 is 34.8 Å². The third-order valence-electron chi connectivity index (χ3n) is 4.94. The van der Waals surface area contributed by atoms with Gasteiger partial charge in [0.2, 0.25) is 0 Å². The summed E-state index contributed by atoms with van der Waals surface area (Å²) < 4.78 is 26.3. The van der Waals surface area contributed by atoms with Gasteiger partial charge in [0.25, 0.3) is 0 Å². The van der Waals surface area contributed by atoms with Crippen LogP contribution in [-0.4, -0.2) is 23.7 Å². The highest BCUT2D eigenvalue weighted by atomic mass is 35.5. The summed E-state index contributed by atoms with van der Waals surface area (Å²) in [7, 11) is -3.30. The second-order valence-corrected chi connectivity index (χ2v) is 10.3. The third-order valence-corrected chi connectivity index (χ3v) is 7.61. The smallest absolute Gasteiger partial charge is 0.178 e. The van der Waals surface area contributed by atoms with Gasteiger partial charge in [-0.15, -0.1) is 0 Å². The van der Waals surface area contributed by atoms with Crippen molar-refractivity contribution >= 4 is 44.6 Å². The van der Waals surface area contributed by atoms with E-state index < -0.39 is 9.84 Å². The first-order chi connectivity index (χ1) is 14.8. The molecule has 0 radical (unpaired) electrons. The van der Waals surface area contributed by atoms with E-state index in [1.165, 1.54) is 0 Å². The van der Waals surface area contributed by atoms with Crippen LogP contribution in [0.5, 0.6) is 0 Å². The molecule has 31 heavy (non-hydrogen) atoms. The van der Waals surface area contributed by atoms with Crippen molar-refractivity contribution in [3.8, 4) is 28.2 Å². The minimum Gasteiger partial charge on any atom is -0.298 e. The SMILES string of the molecule is CCS(=O)(=O)c1cccc(-c2ccc(-n3ccnc3-c3c(Cl)cccc3Cl)c(Cl)c2)c1. The molecule has 0 amide bonds. The molecule has 1 aromatic heterocycles. The van der Waals surface area contributed by atoms with E-state index in [2.05, 4.69) is 4.98 Å². The van der Waals surface area contributed by atoms with E-state index in [0.29, 0.717) is 32.1 Å². The summed E-state index contributed by atoms with van der Waals surface area (Å²) >= 11 is 19.4. The summed E-state index contributed by atoms with van der Waals surface area (Å²) in [4.78, 5) is 4.71. The summed E-state index contributed by atoms with van der Waals surface area (Å²) in [5.74, 6) is 0.616. The molecule has 0 atom stereocenters. The van der Waals surface area contributed by atoms with Crippen LogP contribution in [0.3, 0.4) is 0 Å². The van der Waals surface area contributed by atoms with Crippen LogP contribution in [0.25, 0.3) is 28.2 Å². The van der Waals surface area contributed by atoms with Gasteiger partial charge < -0.3 is 0 Å². The molecule has 0 aliphatic heterocycles. The quantitative estimate of drug-likeness (QED) is 0.303. The molecule has 0 saturated carbocycles. The molecule has 0 aliphatic rings. The molecular weight excluding hydrogens is 475 g/mol. The lowest BCUT2D eigenvalue weighted by molar-refractivity contribution is 0.597. The fourth-order valence-electron chi connectivity index (χ4n) is 3.31. The zero-order chi connectivity index (χ0) is 22.2. The van der Waals surface area contributed by atoms with Gasteiger partial charge in [0.05, 0.1) is 37.0 Å². The Morgan fingerprint density at radius 2 is 1.55 bits per heavy atom. The number of aromatic nitrogens is 2. The largest absolute Gasteiger partial charge is 0.298 e. The van der Waals surface area contributed by atoms with Crippen molar-refractivity contribution in [1.29, 1.82) is 0 Å². The van der Waals surface area contributed by atoms with Gasteiger partial charge in [0.1, 0.15) is 5.82 Å². The summed E-state index contributed by atoms with van der Waals surface area (Å²) in [6.07, 6.45) is 3.43. The van der Waals surface area contributed by atoms with E-state index in [1.807, 2.05) is 22.8 Å². The number of hydrogen-bond donors (Lipinski definition) is 0. The third kappa shape index (κ3) is 4.23. The fraction of sp³-hybridized carbons (Fsp3) is 0.0870. The van der Waals surface area contributed by atoms with E-state index >= 15 is 0 Å². The lowest BCUT2D eigenvalue weighted by Crippen LogP contribution is -2.03. The molecule has 4 rings (SSSR count). The maximum atomic E-state index is 12.2. The molecule has 1 heterocycles. The molecule has 0 bridgehead atoms. The number of rotatable bonds is 5. The van der Waals surface area contributed by atoms with Gasteiger partial charge >= 0.3 is 0 Å². The van der Waals surface area contributed by atoms with Crippen LogP contribution in [0.4, 0.5) is 0 Å². The van der Waals surface area contributed by atoms with E-state index in [1.54, 1.807) is 61.8 Å². The monoisotopic (exact) mass is 490 g/mol. The van der Waals surface area contributed by atoms with E-state index in [4.69, 9.17) is 34.8 Å². The predicted octanol–water partition coefficient (Wildman–Crippen LogP) is 6.96. The molecular formula is C23H17Cl3N2O2S. The average Bonchev–Trinajstić information content (AvgIpc) is 3.22. The maximum absolute atomic E-state index is 12.2. The first-order valence-electron chi connectivity index (χ1n) is 9.42. The van der Waals surface area contributed by atoms with Gasteiger partial charge in [0.15, 0.2) is 9.84 Å². The molecule has 0 fully saturated rings. The molecule has 0 aliphatic carbocycles. The van der Waals surface area contributed by atoms with Gasteiger partial charge in [-0.3, -0.25) is 4.57 Å². The average molecular weight is 492 g/mol. The molecule has 0 unspecified atom stereocenters. The van der Waals surface area contributed by atoms with Gasteiger partial charge in [-0.2, -0.15) is 0 Å². The van der Waals surface area contributed by atoms with E-state index in [0.717, 1.165) is 11.1 Å². The summed E-state index contributed by atoms with van der Waals surface area (Å²) in [5, 5.41) is 1.45. The normalized spacial score (nSPS) is 11.6. The number of sulfone groups is 1. The lowest BCUT2D eigenvalue weighted by atomic mass is 10.1. The fourth-order valence-corrected chi connectivity index (χ4v) is 5.08. The number of hydrogen-bond acceptors (Lipinski definition) is 3. The summed E-state index contributed by atoms with van der Waals surface area (Å²) in [5.41, 5.74) is 2.89. The Morgan fingerprint density at radius 1 is 0.871 bits per heavy atom. The number of nitrogens with zero attached hydrogens (tertiary/aromatic N) is 2. The van der Waals surface area contributed by atoms with E-state index in [9.17, 15) is 8.42 Å². The van der Waals surface area contributed by atoms with Gasteiger partial charge in [0, 0.05) is 12.4 Å². The second kappa shape index (κ2) is 8.67. The lowest BCUT2D eigenvalue weighted by Gasteiger charge is -2.13. The minimum absolute atomic E-state index is 0.0458. The van der Waals surface area contributed by atoms with Crippen LogP contribution in [0.2, 0.25) is 15.1 Å². The predicted molar refractivity (Wildman–Crippen MR) is 127 cm³/mol. The first kappa shape index (κ1) is 21.9. The second-order valence-electron chi connectivity index (χ2n) is 6.81. The molecule has 3 aromatic carbocycles. The van der Waals surface area contributed by atoms with Crippen molar-refractivity contribution in [3.05, 3.63) is 88.1 Å². The number of halogens is 3. The van der Waals surface area contributed by atoms with Crippen molar-refractivity contribution in [2.45, 2.75) is 11.8 Å². The Labute approximate surface area is 196 Å². The standard InChI is InChI=1S/C23H17Cl3N2O2S/c1-2-31(29,30)17-6-3-5-15(13-17)16-9-10-21(20(26)14-16)28-12-11-27-23(28)22-18(24)7-4-8-19(22)25/h3-14H,2H2,1H3. The molecule has 4 nitrogen and oxygen atoms in total. The van der Waals surface area contributed by atoms with Crippen LogP contribution in [-0.2, 0) is 9.84 Å². The van der Waals surface area contributed by atoms with Crippen molar-refractivity contribution in [2.24, 2.45) is 0 Å². The van der Waals surface area contributed by atoms with Crippen LogP contribution in [0, 0.1) is 0 Å². The summed E-state index contributed by atoms with van der Waals surface area (Å²) in [6, 6.07) is 17.7. The van der Waals surface area contributed by atoms with Crippen molar-refractivity contribution in [3.63, 3.8) is 0 Å². The van der Waals surface area contributed by atoms with Crippen LogP contribution in [0.15, 0.2) is 78.0 Å². The molecule has 4 aromatic rings. The molecule has 0 N–H and O–H groups in total. The molecule has 0 saturated heterocycles. The molecule has 8 heteroatoms. The van der Waals surface area contributed by atoms with Crippen LogP contribution in [0.1, 0.15) is 6.92 Å². The Kier molecular flexibility index (Phi) is 6.13. The highest BCUT2D eigenvalue weighted by Crippen LogP contribution is 2.36. The Balaban J connectivity index is 1.78. The van der Waals surface area contributed by atoms with Gasteiger partial charge in [-0.1, -0.05) is 66.0 Å². The van der Waals surface area contributed by atoms with Crippen molar-refractivity contribution < 1.29 is 8.42 Å². The zero-order valence-corrected chi connectivity index (χ0v) is 19.5. The Morgan fingerprint density at radius 3 is 2.23 bits per heavy atom. The maximum Gasteiger partial charge on any atom is 0.178 e. The minimum atomic E-state index is -3.30. The number of imidazole rings is 1. The van der Waals surface area contributed by atoms with E-state index in [-0.39, 0.29) is 10.6 Å².